The molecule has 0 saturated carbocycles. The summed E-state index contributed by atoms with van der Waals surface area (Å²) in [5.74, 6) is 1.45. The molecule has 6 heterocycles. The standard InChI is InChI=1S/C55H35N7O/c1-3-12-34(13-4-1)44-31-45(35-14-5-2-6-15-35)60-55(59-44)62-49-19-10-7-16-39(49)41-24-21-37(29-51(41)62)47-33-56-32-46(58-47)36-22-25-50-42(28-36)40-17-8-9-18-48(40)61(50)38-23-26-52-43(30-38)54-53(63-52)20-11-27-57-54/h1-25,27-33,52H,26H2. The van der Waals surface area contributed by atoms with Gasteiger partial charge in [-0.05, 0) is 54.6 Å². The predicted molar refractivity (Wildman–Crippen MR) is 252 cm³/mol. The normalized spacial score (nSPS) is 14.4. The fourth-order valence-electron chi connectivity index (χ4n) is 9.46. The molecule has 0 bridgehead atoms. The second kappa shape index (κ2) is 14.0. The van der Waals surface area contributed by atoms with Crippen molar-refractivity contribution in [3.63, 3.8) is 0 Å². The number of hydrogen-bond acceptors (Lipinski definition) is 6. The van der Waals surface area contributed by atoms with Crippen molar-refractivity contribution in [2.45, 2.75) is 12.5 Å². The van der Waals surface area contributed by atoms with E-state index >= 15 is 0 Å². The Labute approximate surface area is 361 Å². The molecule has 296 valence electrons. The fourth-order valence-corrected chi connectivity index (χ4v) is 9.46. The van der Waals surface area contributed by atoms with Gasteiger partial charge in [-0.2, -0.15) is 0 Å². The lowest BCUT2D eigenvalue weighted by Crippen LogP contribution is -2.15. The van der Waals surface area contributed by atoms with Crippen LogP contribution in [0.4, 0.5) is 0 Å². The number of para-hydroxylation sites is 2. The molecular weight excluding hydrogens is 775 g/mol. The van der Waals surface area contributed by atoms with Gasteiger partial charge in [0, 0.05) is 67.7 Å². The molecule has 8 nitrogen and oxygen atoms in total. The summed E-state index contributed by atoms with van der Waals surface area (Å²) >= 11 is 0. The average molecular weight is 810 g/mol. The number of hydrogen-bond donors (Lipinski definition) is 0. The van der Waals surface area contributed by atoms with E-state index in [0.29, 0.717) is 5.95 Å². The lowest BCUT2D eigenvalue weighted by atomic mass is 9.98. The molecule has 0 amide bonds. The molecule has 1 atom stereocenters. The molecule has 0 saturated heterocycles. The number of benzene rings is 6. The van der Waals surface area contributed by atoms with Crippen molar-refractivity contribution < 1.29 is 4.74 Å². The van der Waals surface area contributed by atoms with Crippen molar-refractivity contribution in [1.29, 1.82) is 0 Å². The summed E-state index contributed by atoms with van der Waals surface area (Å²) in [6.45, 7) is 0. The van der Waals surface area contributed by atoms with Gasteiger partial charge in [-0.25, -0.2) is 15.0 Å². The van der Waals surface area contributed by atoms with Crippen LogP contribution in [0.25, 0.3) is 106 Å². The van der Waals surface area contributed by atoms with Crippen LogP contribution in [0, 0.1) is 0 Å². The van der Waals surface area contributed by atoms with Crippen molar-refractivity contribution >= 4 is 54.9 Å². The Kier molecular flexibility index (Phi) is 7.86. The third-order valence-corrected chi connectivity index (χ3v) is 12.4. The minimum absolute atomic E-state index is 0.0140. The Morgan fingerprint density at radius 1 is 0.476 bits per heavy atom. The second-order valence-corrected chi connectivity index (χ2v) is 16.1. The highest BCUT2D eigenvalue weighted by molar-refractivity contribution is 6.12. The van der Waals surface area contributed by atoms with Gasteiger partial charge in [0.25, 0.3) is 0 Å². The van der Waals surface area contributed by atoms with Crippen LogP contribution in [0.5, 0.6) is 5.75 Å². The van der Waals surface area contributed by atoms with Crippen molar-refractivity contribution in [3.8, 4) is 56.7 Å². The molecular formula is C55H35N7O. The van der Waals surface area contributed by atoms with Gasteiger partial charge in [0.2, 0.25) is 5.95 Å². The highest BCUT2D eigenvalue weighted by Gasteiger charge is 2.32. The van der Waals surface area contributed by atoms with Gasteiger partial charge in [-0.3, -0.25) is 14.5 Å². The lowest BCUT2D eigenvalue weighted by Gasteiger charge is -2.18. The van der Waals surface area contributed by atoms with Gasteiger partial charge in [-0.15, -0.1) is 0 Å². The molecule has 1 aliphatic heterocycles. The van der Waals surface area contributed by atoms with Gasteiger partial charge < -0.3 is 9.30 Å². The average Bonchev–Trinajstić information content (AvgIpc) is 4.01. The Bertz CT molecular complexity index is 3640. The van der Waals surface area contributed by atoms with Crippen LogP contribution in [-0.2, 0) is 0 Å². The number of pyridine rings is 1. The SMILES string of the molecule is C1=C2c3ncccc3OC2CC=C1n1c2ccccc2c2cc(-c3cncc(-c4ccc5c6ccccc6n(-c6nc(-c7ccccc7)cc(-c7ccccc7)n6)c5c4)n3)ccc21. The molecule has 0 radical (unpaired) electrons. The van der Waals surface area contributed by atoms with Crippen molar-refractivity contribution in [2.75, 3.05) is 0 Å². The molecule has 1 aliphatic carbocycles. The molecule has 1 unspecified atom stereocenters. The first-order valence-electron chi connectivity index (χ1n) is 21.2. The molecule has 0 spiro atoms. The number of ether oxygens (including phenoxy) is 1. The first-order chi connectivity index (χ1) is 31.2. The Morgan fingerprint density at radius 3 is 1.84 bits per heavy atom. The van der Waals surface area contributed by atoms with E-state index in [0.717, 1.165) is 112 Å². The maximum atomic E-state index is 6.25. The molecule has 2 aliphatic rings. The zero-order valence-electron chi connectivity index (χ0n) is 33.8. The molecule has 13 rings (SSSR count). The molecule has 8 heteroatoms. The topological polar surface area (TPSA) is 83.5 Å². The summed E-state index contributed by atoms with van der Waals surface area (Å²) in [4.78, 5) is 25.2. The minimum Gasteiger partial charge on any atom is -0.483 e. The largest absolute Gasteiger partial charge is 0.483 e. The summed E-state index contributed by atoms with van der Waals surface area (Å²) < 4.78 is 10.8. The van der Waals surface area contributed by atoms with Crippen LogP contribution >= 0.6 is 0 Å². The van der Waals surface area contributed by atoms with Crippen molar-refractivity contribution in [3.05, 3.63) is 200 Å². The Hall–Kier alpha value is -8.49. The first-order valence-corrected chi connectivity index (χ1v) is 21.2. The van der Waals surface area contributed by atoms with Crippen LogP contribution in [0.2, 0.25) is 0 Å². The quantitative estimate of drug-likeness (QED) is 0.166. The monoisotopic (exact) mass is 809 g/mol. The van der Waals surface area contributed by atoms with Gasteiger partial charge in [0.1, 0.15) is 17.5 Å². The maximum absolute atomic E-state index is 6.25. The van der Waals surface area contributed by atoms with E-state index in [-0.39, 0.29) is 6.10 Å². The van der Waals surface area contributed by atoms with E-state index < -0.39 is 0 Å². The molecule has 0 N–H and O–H groups in total. The number of nitrogens with zero attached hydrogens (tertiary/aromatic N) is 7. The van der Waals surface area contributed by atoms with E-state index in [1.807, 2.05) is 67.1 Å². The fraction of sp³-hybridized carbons (Fsp3) is 0.0364. The summed E-state index contributed by atoms with van der Waals surface area (Å²) in [7, 11) is 0. The molecule has 6 aromatic carbocycles. The van der Waals surface area contributed by atoms with Crippen LogP contribution < -0.4 is 4.74 Å². The van der Waals surface area contributed by atoms with Crippen LogP contribution in [0.3, 0.4) is 0 Å². The summed E-state index contributed by atoms with van der Waals surface area (Å²) in [6, 6.07) is 56.8. The van der Waals surface area contributed by atoms with Gasteiger partial charge >= 0.3 is 0 Å². The maximum Gasteiger partial charge on any atom is 0.235 e. The first kappa shape index (κ1) is 35.3. The van der Waals surface area contributed by atoms with E-state index in [1.54, 1.807) is 0 Å². The molecule has 63 heavy (non-hydrogen) atoms. The molecule has 5 aromatic heterocycles. The second-order valence-electron chi connectivity index (χ2n) is 16.1. The van der Waals surface area contributed by atoms with Crippen LogP contribution in [0.15, 0.2) is 195 Å². The third kappa shape index (κ3) is 5.72. The summed E-state index contributed by atoms with van der Waals surface area (Å²) in [6.07, 6.45) is 10.8. The van der Waals surface area contributed by atoms with E-state index in [2.05, 4.69) is 142 Å². The van der Waals surface area contributed by atoms with E-state index in [9.17, 15) is 0 Å². The van der Waals surface area contributed by atoms with Crippen LogP contribution in [-0.4, -0.2) is 40.2 Å². The van der Waals surface area contributed by atoms with Crippen LogP contribution in [0.1, 0.15) is 12.1 Å². The molecule has 11 aromatic rings. The molecule has 0 fully saturated rings. The number of rotatable bonds is 6. The number of aromatic nitrogens is 7. The van der Waals surface area contributed by atoms with E-state index in [1.165, 1.54) is 5.39 Å². The van der Waals surface area contributed by atoms with Gasteiger partial charge in [0.15, 0.2) is 0 Å². The Balaban J connectivity index is 0.926. The lowest BCUT2D eigenvalue weighted by molar-refractivity contribution is 0.279. The van der Waals surface area contributed by atoms with Crippen molar-refractivity contribution in [2.24, 2.45) is 0 Å². The van der Waals surface area contributed by atoms with Gasteiger partial charge in [-0.1, -0.05) is 121 Å². The zero-order chi connectivity index (χ0) is 41.4. The highest BCUT2D eigenvalue weighted by atomic mass is 16.5. The predicted octanol–water partition coefficient (Wildman–Crippen LogP) is 12.6. The number of fused-ring (bicyclic) bond motifs is 9. The summed E-state index contributed by atoms with van der Waals surface area (Å²) in [5.41, 5.74) is 14.7. The highest BCUT2D eigenvalue weighted by Crippen LogP contribution is 2.43. The zero-order valence-corrected chi connectivity index (χ0v) is 33.8. The smallest absolute Gasteiger partial charge is 0.235 e. The minimum atomic E-state index is -0.0140. The van der Waals surface area contributed by atoms with E-state index in [4.69, 9.17) is 24.7 Å². The Morgan fingerprint density at radius 2 is 1.10 bits per heavy atom. The van der Waals surface area contributed by atoms with Crippen molar-refractivity contribution in [1.82, 2.24) is 34.1 Å². The summed E-state index contributed by atoms with van der Waals surface area (Å²) in [5, 5.41) is 4.56. The number of allylic oxidation sites excluding steroid dienone is 2. The third-order valence-electron chi connectivity index (χ3n) is 12.4. The van der Waals surface area contributed by atoms with Gasteiger partial charge in [0.05, 0.1) is 57.2 Å².